The molecule has 0 aliphatic rings. The molecule has 0 fully saturated rings. The van der Waals surface area contributed by atoms with Crippen molar-refractivity contribution in [3.05, 3.63) is 29.8 Å². The first kappa shape index (κ1) is 20.0. The van der Waals surface area contributed by atoms with E-state index in [1.807, 2.05) is 24.3 Å². The van der Waals surface area contributed by atoms with E-state index in [9.17, 15) is 4.79 Å². The van der Waals surface area contributed by atoms with Crippen molar-refractivity contribution < 1.29 is 9.90 Å². The Kier molecular flexibility index (Phi) is 12.2. The molecular weight excluding hydrogens is 311 g/mol. The van der Waals surface area contributed by atoms with Gasteiger partial charge in [0.15, 0.2) is 0 Å². The van der Waals surface area contributed by atoms with Gasteiger partial charge < -0.3 is 15.7 Å². The molecule has 0 amide bonds. The smallest absolute Gasteiger partial charge is 0.303 e. The van der Waals surface area contributed by atoms with Crippen molar-refractivity contribution in [1.29, 1.82) is 0 Å². The van der Waals surface area contributed by atoms with E-state index in [2.05, 4.69) is 10.6 Å². The van der Waals surface area contributed by atoms with Gasteiger partial charge in [-0.05, 0) is 37.6 Å². The molecule has 0 aromatic heterocycles. The van der Waals surface area contributed by atoms with Gasteiger partial charge in [-0.3, -0.25) is 4.79 Å². The van der Waals surface area contributed by atoms with Gasteiger partial charge >= 0.3 is 5.97 Å². The summed E-state index contributed by atoms with van der Waals surface area (Å²) in [6, 6.07) is 8.14. The molecular formula is C15H24Cl2N2O2. The van der Waals surface area contributed by atoms with Gasteiger partial charge in [0.1, 0.15) is 0 Å². The van der Waals surface area contributed by atoms with Crippen molar-refractivity contribution in [3.63, 3.8) is 0 Å². The number of anilines is 1. The number of alkyl halides is 2. The van der Waals surface area contributed by atoms with Gasteiger partial charge in [-0.25, -0.2) is 0 Å². The number of benzene rings is 1. The van der Waals surface area contributed by atoms with E-state index in [1.54, 1.807) is 0 Å². The summed E-state index contributed by atoms with van der Waals surface area (Å²) in [5.41, 5.74) is 6.75. The van der Waals surface area contributed by atoms with Crippen LogP contribution >= 0.6 is 23.2 Å². The summed E-state index contributed by atoms with van der Waals surface area (Å²) in [6.07, 6.45) is 1.67. The lowest BCUT2D eigenvalue weighted by atomic mass is 10.1. The number of hydrogen-bond donors (Lipinski definition) is 2. The van der Waals surface area contributed by atoms with E-state index in [0.29, 0.717) is 18.2 Å². The van der Waals surface area contributed by atoms with Crippen molar-refractivity contribution >= 4 is 34.9 Å². The van der Waals surface area contributed by atoms with E-state index in [1.165, 1.54) is 7.05 Å². The summed E-state index contributed by atoms with van der Waals surface area (Å²) in [6.45, 7) is 1.54. The predicted molar refractivity (Wildman–Crippen MR) is 90.8 cm³/mol. The van der Waals surface area contributed by atoms with Crippen molar-refractivity contribution in [1.82, 2.24) is 0 Å². The summed E-state index contributed by atoms with van der Waals surface area (Å²) in [7, 11) is 1.50. The van der Waals surface area contributed by atoms with Crippen LogP contribution in [-0.4, -0.2) is 43.0 Å². The van der Waals surface area contributed by atoms with E-state index >= 15 is 0 Å². The lowest BCUT2D eigenvalue weighted by Crippen LogP contribution is -2.27. The molecule has 1 aromatic rings. The molecule has 0 unspecified atom stereocenters. The summed E-state index contributed by atoms with van der Waals surface area (Å²) in [4.78, 5) is 12.6. The number of hydrogen-bond acceptors (Lipinski definition) is 3. The molecule has 0 heterocycles. The Balaban J connectivity index is 0.00000191. The molecule has 0 saturated heterocycles. The lowest BCUT2D eigenvalue weighted by Gasteiger charge is -2.23. The fraction of sp³-hybridized carbons (Fsp3) is 0.533. The lowest BCUT2D eigenvalue weighted by molar-refractivity contribution is -0.137. The number of nitrogens with zero attached hydrogens (tertiary/aromatic N) is 1. The van der Waals surface area contributed by atoms with Crippen LogP contribution in [0.3, 0.4) is 0 Å². The Bertz CT molecular complexity index is 380. The second-order valence-electron chi connectivity index (χ2n) is 4.28. The highest BCUT2D eigenvalue weighted by Gasteiger charge is 2.05. The monoisotopic (exact) mass is 334 g/mol. The molecule has 0 bridgehead atoms. The summed E-state index contributed by atoms with van der Waals surface area (Å²) >= 11 is 11.5. The van der Waals surface area contributed by atoms with Crippen LogP contribution in [0.5, 0.6) is 0 Å². The molecule has 0 atom stereocenters. The van der Waals surface area contributed by atoms with Crippen molar-refractivity contribution in [2.75, 3.05) is 36.8 Å². The highest BCUT2D eigenvalue weighted by molar-refractivity contribution is 6.18. The molecule has 4 nitrogen and oxygen atoms in total. The SMILES string of the molecule is CN.O=C(O)CCCc1ccc(N(CCCl)CCCl)cc1. The largest absolute Gasteiger partial charge is 0.481 e. The zero-order chi connectivity index (χ0) is 16.1. The summed E-state index contributed by atoms with van der Waals surface area (Å²) in [5.74, 6) is 0.390. The molecule has 21 heavy (non-hydrogen) atoms. The molecule has 3 N–H and O–H groups in total. The zero-order valence-electron chi connectivity index (χ0n) is 12.4. The van der Waals surface area contributed by atoms with Crippen LogP contribution in [0, 0.1) is 0 Å². The first-order valence-electron chi connectivity index (χ1n) is 6.92. The van der Waals surface area contributed by atoms with E-state index in [4.69, 9.17) is 28.3 Å². The van der Waals surface area contributed by atoms with Gasteiger partial charge in [0.2, 0.25) is 0 Å². The van der Waals surface area contributed by atoms with E-state index in [0.717, 1.165) is 30.8 Å². The second kappa shape index (κ2) is 12.7. The van der Waals surface area contributed by atoms with Crippen LogP contribution in [0.15, 0.2) is 24.3 Å². The minimum absolute atomic E-state index is 0.215. The van der Waals surface area contributed by atoms with Crippen molar-refractivity contribution in [2.45, 2.75) is 19.3 Å². The van der Waals surface area contributed by atoms with Gasteiger partial charge in [-0.15, -0.1) is 23.2 Å². The van der Waals surface area contributed by atoms with Gasteiger partial charge in [0.05, 0.1) is 0 Å². The molecule has 120 valence electrons. The number of aryl methyl sites for hydroxylation is 1. The maximum absolute atomic E-state index is 10.4. The number of rotatable bonds is 9. The fourth-order valence-corrected chi connectivity index (χ4v) is 2.30. The normalized spacial score (nSPS) is 9.71. The van der Waals surface area contributed by atoms with Crippen LogP contribution in [0.2, 0.25) is 0 Å². The number of carboxylic acid groups (broad SMARTS) is 1. The number of carboxylic acids is 1. The molecule has 1 rings (SSSR count). The third-order valence-corrected chi connectivity index (χ3v) is 3.20. The highest BCUT2D eigenvalue weighted by atomic mass is 35.5. The Hall–Kier alpha value is -0.970. The Morgan fingerprint density at radius 3 is 2.10 bits per heavy atom. The zero-order valence-corrected chi connectivity index (χ0v) is 13.9. The van der Waals surface area contributed by atoms with Gasteiger partial charge in [-0.2, -0.15) is 0 Å². The van der Waals surface area contributed by atoms with E-state index < -0.39 is 5.97 Å². The molecule has 0 aliphatic heterocycles. The third-order valence-electron chi connectivity index (χ3n) is 2.87. The Labute approximate surface area is 136 Å². The summed E-state index contributed by atoms with van der Waals surface area (Å²) < 4.78 is 0. The first-order chi connectivity index (χ1) is 10.2. The first-order valence-corrected chi connectivity index (χ1v) is 7.99. The third kappa shape index (κ3) is 8.81. The Morgan fingerprint density at radius 1 is 1.14 bits per heavy atom. The fourth-order valence-electron chi connectivity index (χ4n) is 1.89. The number of carbonyl (C=O) groups is 1. The van der Waals surface area contributed by atoms with Crippen molar-refractivity contribution in [2.24, 2.45) is 5.73 Å². The average Bonchev–Trinajstić information content (AvgIpc) is 2.49. The number of aliphatic carboxylic acids is 1. The predicted octanol–water partition coefficient (Wildman–Crippen LogP) is 2.95. The van der Waals surface area contributed by atoms with Gasteiger partial charge in [0, 0.05) is 37.0 Å². The van der Waals surface area contributed by atoms with Crippen LogP contribution in [0.4, 0.5) is 5.69 Å². The maximum atomic E-state index is 10.4. The standard InChI is InChI=1S/C14H19Cl2NO2.CH5N/c15-8-10-17(11-9-16)13-6-4-12(5-7-13)2-1-3-14(18)19;1-2/h4-7H,1-3,8-11H2,(H,18,19);2H2,1H3. The number of halogens is 2. The quantitative estimate of drug-likeness (QED) is 0.681. The molecule has 1 aromatic carbocycles. The molecule has 0 spiro atoms. The van der Waals surface area contributed by atoms with Crippen LogP contribution in [0.1, 0.15) is 18.4 Å². The number of nitrogens with two attached hydrogens (primary N) is 1. The van der Waals surface area contributed by atoms with Crippen LogP contribution < -0.4 is 10.6 Å². The molecule has 0 radical (unpaired) electrons. The Morgan fingerprint density at radius 2 is 1.67 bits per heavy atom. The summed E-state index contributed by atoms with van der Waals surface area (Å²) in [5, 5.41) is 8.59. The average molecular weight is 335 g/mol. The molecule has 0 saturated carbocycles. The van der Waals surface area contributed by atoms with Gasteiger partial charge in [0.25, 0.3) is 0 Å². The minimum Gasteiger partial charge on any atom is -0.481 e. The van der Waals surface area contributed by atoms with Crippen molar-refractivity contribution in [3.8, 4) is 0 Å². The minimum atomic E-state index is -0.743. The van der Waals surface area contributed by atoms with Crippen LogP contribution in [0.25, 0.3) is 0 Å². The molecule has 6 heteroatoms. The maximum Gasteiger partial charge on any atom is 0.303 e. The van der Waals surface area contributed by atoms with Gasteiger partial charge in [-0.1, -0.05) is 12.1 Å². The van der Waals surface area contributed by atoms with Crippen LogP contribution in [-0.2, 0) is 11.2 Å². The second-order valence-corrected chi connectivity index (χ2v) is 5.03. The highest BCUT2D eigenvalue weighted by Crippen LogP contribution is 2.16. The molecule has 0 aliphatic carbocycles. The topological polar surface area (TPSA) is 66.6 Å². The van der Waals surface area contributed by atoms with E-state index in [-0.39, 0.29) is 6.42 Å².